The molecule has 2 N–H and O–H groups in total. The Bertz CT molecular complexity index is 402. The number of nitrogens with one attached hydrogen (secondary N) is 1. The zero-order chi connectivity index (χ0) is 11.5. The number of benzene rings is 1. The molecule has 0 aromatic heterocycles. The van der Waals surface area contributed by atoms with E-state index in [0.717, 1.165) is 18.2 Å². The minimum atomic E-state index is -0.951. The fourth-order valence-corrected chi connectivity index (χ4v) is 1.99. The summed E-state index contributed by atoms with van der Waals surface area (Å²) in [6.07, 6.45) is 3.87. The number of hydrogen-bond acceptors (Lipinski definition) is 2. The van der Waals surface area contributed by atoms with Crippen LogP contribution in [-0.4, -0.2) is 17.6 Å². The minimum Gasteiger partial charge on any atom is -0.478 e. The first-order valence-electron chi connectivity index (χ1n) is 5.43. The third kappa shape index (κ3) is 2.47. The van der Waals surface area contributed by atoms with Crippen LogP contribution in [0.15, 0.2) is 18.2 Å². The fourth-order valence-electron chi connectivity index (χ4n) is 1.74. The van der Waals surface area contributed by atoms with E-state index in [-0.39, 0.29) is 5.56 Å². The average Bonchev–Trinajstić information content (AvgIpc) is 2.17. The number of hydrogen-bond donors (Lipinski definition) is 2. The van der Waals surface area contributed by atoms with Gasteiger partial charge in [0.2, 0.25) is 0 Å². The monoisotopic (exact) mass is 239 g/mol. The van der Waals surface area contributed by atoms with E-state index >= 15 is 0 Å². The highest BCUT2D eigenvalue weighted by Gasteiger charge is 2.17. The van der Waals surface area contributed by atoms with Crippen LogP contribution in [0.2, 0.25) is 5.02 Å². The summed E-state index contributed by atoms with van der Waals surface area (Å²) in [5, 5.41) is 12.5. The summed E-state index contributed by atoms with van der Waals surface area (Å²) >= 11 is 5.99. The third-order valence-electron chi connectivity index (χ3n) is 3.02. The number of rotatable bonds is 4. The van der Waals surface area contributed by atoms with E-state index in [4.69, 9.17) is 16.7 Å². The van der Waals surface area contributed by atoms with Gasteiger partial charge in [0.25, 0.3) is 0 Å². The van der Waals surface area contributed by atoms with Crippen LogP contribution >= 0.6 is 11.6 Å². The molecule has 3 nitrogen and oxygen atoms in total. The summed E-state index contributed by atoms with van der Waals surface area (Å²) in [5.74, 6) is -0.206. The second-order valence-electron chi connectivity index (χ2n) is 4.18. The maximum absolute atomic E-state index is 10.7. The van der Waals surface area contributed by atoms with Crippen molar-refractivity contribution in [3.05, 3.63) is 28.8 Å². The van der Waals surface area contributed by atoms with Crippen molar-refractivity contribution in [1.29, 1.82) is 0 Å². The van der Waals surface area contributed by atoms with Gasteiger partial charge in [0.05, 0.1) is 16.3 Å². The molecule has 1 aromatic carbocycles. The van der Waals surface area contributed by atoms with Crippen LogP contribution in [0.25, 0.3) is 0 Å². The van der Waals surface area contributed by atoms with Crippen molar-refractivity contribution in [1.82, 2.24) is 0 Å². The van der Waals surface area contributed by atoms with Crippen molar-refractivity contribution in [2.45, 2.75) is 19.3 Å². The smallest absolute Gasteiger partial charge is 0.335 e. The molecule has 0 heterocycles. The van der Waals surface area contributed by atoms with Gasteiger partial charge < -0.3 is 10.4 Å². The summed E-state index contributed by atoms with van der Waals surface area (Å²) in [5.41, 5.74) is 1.04. The Balaban J connectivity index is 2.00. The number of anilines is 1. The van der Waals surface area contributed by atoms with Crippen molar-refractivity contribution in [2.75, 3.05) is 11.9 Å². The van der Waals surface area contributed by atoms with E-state index in [0.29, 0.717) is 5.02 Å². The van der Waals surface area contributed by atoms with Gasteiger partial charge in [0.1, 0.15) is 0 Å². The largest absolute Gasteiger partial charge is 0.478 e. The zero-order valence-electron chi connectivity index (χ0n) is 8.87. The second-order valence-corrected chi connectivity index (χ2v) is 4.58. The standard InChI is InChI=1S/C12H14ClNO2/c13-10-6-9(12(15)16)4-5-11(10)14-7-8-2-1-3-8/h4-6,8,14H,1-3,7H2,(H,15,16). The lowest BCUT2D eigenvalue weighted by Gasteiger charge is -2.26. The predicted octanol–water partition coefficient (Wildman–Crippen LogP) is 3.25. The van der Waals surface area contributed by atoms with Crippen LogP contribution in [0, 0.1) is 5.92 Å². The number of halogens is 1. The number of carboxylic acids is 1. The lowest BCUT2D eigenvalue weighted by molar-refractivity contribution is 0.0697. The van der Waals surface area contributed by atoms with Crippen LogP contribution < -0.4 is 5.32 Å². The van der Waals surface area contributed by atoms with Gasteiger partial charge in [-0.2, -0.15) is 0 Å². The Morgan fingerprint density at radius 1 is 1.50 bits per heavy atom. The first kappa shape index (κ1) is 11.3. The Labute approximate surface area is 99.4 Å². The zero-order valence-corrected chi connectivity index (χ0v) is 9.63. The van der Waals surface area contributed by atoms with Crippen molar-refractivity contribution >= 4 is 23.3 Å². The Kier molecular flexibility index (Phi) is 3.34. The van der Waals surface area contributed by atoms with Gasteiger partial charge in [-0.25, -0.2) is 4.79 Å². The van der Waals surface area contributed by atoms with Gasteiger partial charge in [0.15, 0.2) is 0 Å². The molecule has 1 fully saturated rings. The maximum Gasteiger partial charge on any atom is 0.335 e. The van der Waals surface area contributed by atoms with Crippen LogP contribution in [-0.2, 0) is 0 Å². The van der Waals surface area contributed by atoms with Gasteiger partial charge in [-0.1, -0.05) is 18.0 Å². The third-order valence-corrected chi connectivity index (χ3v) is 3.33. The number of carboxylic acid groups (broad SMARTS) is 1. The quantitative estimate of drug-likeness (QED) is 0.848. The van der Waals surface area contributed by atoms with Gasteiger partial charge in [-0.05, 0) is 37.0 Å². The molecule has 16 heavy (non-hydrogen) atoms. The molecule has 0 radical (unpaired) electrons. The van der Waals surface area contributed by atoms with Crippen molar-refractivity contribution in [2.24, 2.45) is 5.92 Å². The summed E-state index contributed by atoms with van der Waals surface area (Å²) in [4.78, 5) is 10.7. The molecule has 0 unspecified atom stereocenters. The molecule has 0 aliphatic heterocycles. The molecule has 0 amide bonds. The minimum absolute atomic E-state index is 0.221. The normalized spacial score (nSPS) is 15.6. The molecule has 2 rings (SSSR count). The van der Waals surface area contributed by atoms with E-state index in [1.54, 1.807) is 12.1 Å². The summed E-state index contributed by atoms with van der Waals surface area (Å²) in [6.45, 7) is 0.923. The average molecular weight is 240 g/mol. The highest BCUT2D eigenvalue weighted by atomic mass is 35.5. The van der Waals surface area contributed by atoms with Crippen LogP contribution in [0.5, 0.6) is 0 Å². The topological polar surface area (TPSA) is 49.3 Å². The molecule has 86 valence electrons. The van der Waals surface area contributed by atoms with E-state index in [9.17, 15) is 4.79 Å². The number of carbonyl (C=O) groups is 1. The molecular formula is C12H14ClNO2. The molecule has 1 saturated carbocycles. The lowest BCUT2D eigenvalue weighted by atomic mass is 9.85. The van der Waals surface area contributed by atoms with Crippen LogP contribution in [0.4, 0.5) is 5.69 Å². The van der Waals surface area contributed by atoms with Crippen molar-refractivity contribution in [3.63, 3.8) is 0 Å². The molecule has 0 spiro atoms. The van der Waals surface area contributed by atoms with Gasteiger partial charge in [0, 0.05) is 6.54 Å². The molecule has 4 heteroatoms. The van der Waals surface area contributed by atoms with E-state index < -0.39 is 5.97 Å². The summed E-state index contributed by atoms with van der Waals surface area (Å²) in [6, 6.07) is 4.77. The predicted molar refractivity (Wildman–Crippen MR) is 64.2 cm³/mol. The van der Waals surface area contributed by atoms with E-state index in [1.165, 1.54) is 25.3 Å². The maximum atomic E-state index is 10.7. The van der Waals surface area contributed by atoms with Gasteiger partial charge in [-0.3, -0.25) is 0 Å². The molecule has 0 atom stereocenters. The Morgan fingerprint density at radius 2 is 2.25 bits per heavy atom. The number of aromatic carboxylic acids is 1. The molecule has 1 aromatic rings. The van der Waals surface area contributed by atoms with Crippen LogP contribution in [0.3, 0.4) is 0 Å². The molecular weight excluding hydrogens is 226 g/mol. The van der Waals surface area contributed by atoms with Crippen LogP contribution in [0.1, 0.15) is 29.6 Å². The van der Waals surface area contributed by atoms with Gasteiger partial charge >= 0.3 is 5.97 Å². The van der Waals surface area contributed by atoms with Crippen molar-refractivity contribution < 1.29 is 9.90 Å². The Hall–Kier alpha value is -1.22. The second kappa shape index (κ2) is 4.74. The van der Waals surface area contributed by atoms with Crippen molar-refractivity contribution in [3.8, 4) is 0 Å². The molecule has 0 bridgehead atoms. The molecule has 0 saturated heterocycles. The highest BCUT2D eigenvalue weighted by Crippen LogP contribution is 2.28. The first-order valence-corrected chi connectivity index (χ1v) is 5.81. The molecule has 1 aliphatic rings. The Morgan fingerprint density at radius 3 is 2.75 bits per heavy atom. The van der Waals surface area contributed by atoms with Gasteiger partial charge in [-0.15, -0.1) is 0 Å². The molecule has 1 aliphatic carbocycles. The first-order chi connectivity index (χ1) is 7.66. The van der Waals surface area contributed by atoms with E-state index in [1.807, 2.05) is 0 Å². The highest BCUT2D eigenvalue weighted by molar-refractivity contribution is 6.33. The summed E-state index contributed by atoms with van der Waals surface area (Å²) in [7, 11) is 0. The summed E-state index contributed by atoms with van der Waals surface area (Å²) < 4.78 is 0. The van der Waals surface area contributed by atoms with E-state index in [2.05, 4.69) is 5.32 Å². The SMILES string of the molecule is O=C(O)c1ccc(NCC2CCC2)c(Cl)c1. The lowest BCUT2D eigenvalue weighted by Crippen LogP contribution is -2.21. The fraction of sp³-hybridized carbons (Fsp3) is 0.417.